The highest BCUT2D eigenvalue weighted by Crippen LogP contribution is 2.35. The molecule has 0 saturated heterocycles. The summed E-state index contributed by atoms with van der Waals surface area (Å²) in [5.74, 6) is -0.310. The van der Waals surface area contributed by atoms with Gasteiger partial charge in [-0.15, -0.1) is 0 Å². The highest BCUT2D eigenvalue weighted by molar-refractivity contribution is 7.92. The molecule has 2 aromatic rings. The molecule has 0 bridgehead atoms. The van der Waals surface area contributed by atoms with Crippen molar-refractivity contribution in [2.45, 2.75) is 20.8 Å². The maximum absolute atomic E-state index is 12.8. The minimum Gasteiger partial charge on any atom is -0.486 e. The molecule has 3 rings (SSSR count). The summed E-state index contributed by atoms with van der Waals surface area (Å²) in [7, 11) is -3.76. The molecule has 1 aliphatic rings. The molecule has 0 atom stereocenters. The van der Waals surface area contributed by atoms with Gasteiger partial charge in [0, 0.05) is 11.8 Å². The number of carbonyl (C=O) groups is 2. The summed E-state index contributed by atoms with van der Waals surface area (Å²) in [5, 5.41) is 2.70. The van der Waals surface area contributed by atoms with E-state index < -0.39 is 28.4 Å². The third-order valence-corrected chi connectivity index (χ3v) is 6.57. The molecule has 10 heteroatoms. The van der Waals surface area contributed by atoms with Crippen LogP contribution in [-0.2, 0) is 19.6 Å². The van der Waals surface area contributed by atoms with Gasteiger partial charge in [-0.2, -0.15) is 0 Å². The van der Waals surface area contributed by atoms with Crippen LogP contribution in [0.3, 0.4) is 0 Å². The number of esters is 1. The molecule has 1 heterocycles. The van der Waals surface area contributed by atoms with Gasteiger partial charge in [0.25, 0.3) is 0 Å². The summed E-state index contributed by atoms with van der Waals surface area (Å²) < 4.78 is 42.6. The van der Waals surface area contributed by atoms with E-state index >= 15 is 0 Å². The van der Waals surface area contributed by atoms with E-state index in [2.05, 4.69) is 5.32 Å². The monoisotopic (exact) mass is 462 g/mol. The second-order valence-corrected chi connectivity index (χ2v) is 9.22. The first-order chi connectivity index (χ1) is 15.2. The molecule has 0 spiro atoms. The van der Waals surface area contributed by atoms with Crippen molar-refractivity contribution in [3.63, 3.8) is 0 Å². The summed E-state index contributed by atoms with van der Waals surface area (Å²) in [6.45, 7) is 5.53. The number of ether oxygens (including phenoxy) is 3. The Bertz CT molecular complexity index is 1120. The van der Waals surface area contributed by atoms with Gasteiger partial charge >= 0.3 is 5.97 Å². The molecule has 32 heavy (non-hydrogen) atoms. The van der Waals surface area contributed by atoms with Crippen LogP contribution in [0.1, 0.15) is 29.8 Å². The van der Waals surface area contributed by atoms with Crippen molar-refractivity contribution in [3.05, 3.63) is 47.5 Å². The zero-order valence-electron chi connectivity index (χ0n) is 18.2. The zero-order chi connectivity index (χ0) is 23.3. The number of fused-ring (bicyclic) bond motifs is 1. The van der Waals surface area contributed by atoms with Crippen LogP contribution >= 0.6 is 0 Å². The second-order valence-electron chi connectivity index (χ2n) is 7.03. The molecule has 0 fully saturated rings. The number of hydrogen-bond donors (Lipinski definition) is 1. The quantitative estimate of drug-likeness (QED) is 0.601. The summed E-state index contributed by atoms with van der Waals surface area (Å²) in [6, 6.07) is 9.53. The summed E-state index contributed by atoms with van der Waals surface area (Å²) in [5.41, 5.74) is 1.70. The van der Waals surface area contributed by atoms with Crippen molar-refractivity contribution in [2.75, 3.05) is 41.7 Å². The summed E-state index contributed by atoms with van der Waals surface area (Å²) in [6.07, 6.45) is 0. The molecule has 1 amide bonds. The first-order valence-electron chi connectivity index (χ1n) is 10.2. The molecule has 0 aromatic heterocycles. The predicted molar refractivity (Wildman–Crippen MR) is 120 cm³/mol. The maximum Gasteiger partial charge on any atom is 0.338 e. The third kappa shape index (κ3) is 5.31. The maximum atomic E-state index is 12.8. The number of aryl methyl sites for hydroxylation is 1. The Morgan fingerprint density at radius 2 is 1.78 bits per heavy atom. The number of carbonyl (C=O) groups excluding carboxylic acids is 2. The van der Waals surface area contributed by atoms with E-state index in [0.717, 1.165) is 9.87 Å². The highest BCUT2D eigenvalue weighted by Gasteiger charge is 2.26. The van der Waals surface area contributed by atoms with Gasteiger partial charge in [-0.05, 0) is 50.6 Å². The van der Waals surface area contributed by atoms with Crippen LogP contribution in [0.5, 0.6) is 11.5 Å². The first-order valence-corrected chi connectivity index (χ1v) is 11.8. The fourth-order valence-corrected chi connectivity index (χ4v) is 4.17. The van der Waals surface area contributed by atoms with Crippen LogP contribution in [0.25, 0.3) is 0 Å². The molecular weight excluding hydrogens is 436 g/mol. The summed E-state index contributed by atoms with van der Waals surface area (Å²) in [4.78, 5) is 24.8. The Hall–Kier alpha value is -3.27. The van der Waals surface area contributed by atoms with Crippen molar-refractivity contribution >= 4 is 33.3 Å². The molecule has 2 aromatic carbocycles. The largest absolute Gasteiger partial charge is 0.486 e. The van der Waals surface area contributed by atoms with Gasteiger partial charge in [0.2, 0.25) is 15.9 Å². The topological polar surface area (TPSA) is 111 Å². The van der Waals surface area contributed by atoms with Crippen LogP contribution in [0.15, 0.2) is 36.4 Å². The lowest BCUT2D eigenvalue weighted by molar-refractivity contribution is -0.114. The van der Waals surface area contributed by atoms with Gasteiger partial charge in [0.05, 0.1) is 23.6 Å². The standard InChI is InChI=1S/C22H26N2O7S/c1-4-29-22(26)16-7-6-15(3)18(12-16)23-21(25)14-24(32(27,28)5-2)17-8-9-19-20(13-17)31-11-10-30-19/h6-9,12-13H,4-5,10-11,14H2,1-3H3,(H,23,25). The minimum absolute atomic E-state index is 0.188. The van der Waals surface area contributed by atoms with Crippen LogP contribution in [0, 0.1) is 6.92 Å². The number of anilines is 2. The minimum atomic E-state index is -3.76. The lowest BCUT2D eigenvalue weighted by atomic mass is 10.1. The number of nitrogens with zero attached hydrogens (tertiary/aromatic N) is 1. The van der Waals surface area contributed by atoms with Crippen molar-refractivity contribution in [2.24, 2.45) is 0 Å². The van der Waals surface area contributed by atoms with E-state index in [1.807, 2.05) is 0 Å². The average Bonchev–Trinajstić information content (AvgIpc) is 2.78. The lowest BCUT2D eigenvalue weighted by Gasteiger charge is -2.26. The zero-order valence-corrected chi connectivity index (χ0v) is 19.0. The first kappa shape index (κ1) is 23.4. The fraction of sp³-hybridized carbons (Fsp3) is 0.364. The number of nitrogens with one attached hydrogen (secondary N) is 1. The normalized spacial score (nSPS) is 12.7. The number of sulfonamides is 1. The summed E-state index contributed by atoms with van der Waals surface area (Å²) >= 11 is 0. The van der Waals surface area contributed by atoms with Crippen LogP contribution in [0.4, 0.5) is 11.4 Å². The van der Waals surface area contributed by atoms with Gasteiger partial charge in [-0.1, -0.05) is 6.07 Å². The van der Waals surface area contributed by atoms with Gasteiger partial charge in [0.1, 0.15) is 19.8 Å². The van der Waals surface area contributed by atoms with E-state index in [1.54, 1.807) is 44.2 Å². The van der Waals surface area contributed by atoms with E-state index in [9.17, 15) is 18.0 Å². The van der Waals surface area contributed by atoms with Crippen LogP contribution < -0.4 is 19.1 Å². The lowest BCUT2D eigenvalue weighted by Crippen LogP contribution is -2.39. The Labute approximate surface area is 187 Å². The average molecular weight is 463 g/mol. The van der Waals surface area contributed by atoms with Gasteiger partial charge < -0.3 is 19.5 Å². The fourth-order valence-electron chi connectivity index (χ4n) is 3.11. The van der Waals surface area contributed by atoms with E-state index in [-0.39, 0.29) is 17.9 Å². The molecule has 172 valence electrons. The SMILES string of the molecule is CCOC(=O)c1ccc(C)c(NC(=O)CN(c2ccc3c(c2)OCCO3)S(=O)(=O)CC)c1. The van der Waals surface area contributed by atoms with Gasteiger partial charge in [-0.3, -0.25) is 9.10 Å². The van der Waals surface area contributed by atoms with E-state index in [4.69, 9.17) is 14.2 Å². The third-order valence-electron chi connectivity index (χ3n) is 4.82. The van der Waals surface area contributed by atoms with Crippen molar-refractivity contribution in [3.8, 4) is 11.5 Å². The molecule has 0 saturated carbocycles. The Kier molecular flexibility index (Phi) is 7.24. The van der Waals surface area contributed by atoms with Crippen LogP contribution in [0.2, 0.25) is 0 Å². The second kappa shape index (κ2) is 9.90. The molecule has 0 unspecified atom stereocenters. The Morgan fingerprint density at radius 3 is 2.47 bits per heavy atom. The van der Waals surface area contributed by atoms with Crippen LogP contribution in [-0.4, -0.2) is 52.4 Å². The smallest absolute Gasteiger partial charge is 0.338 e. The van der Waals surface area contributed by atoms with Gasteiger partial charge in [0.15, 0.2) is 11.5 Å². The molecular formula is C22H26N2O7S. The molecule has 0 radical (unpaired) electrons. The number of amides is 1. The van der Waals surface area contributed by atoms with Crippen molar-refractivity contribution in [1.29, 1.82) is 0 Å². The molecule has 9 nitrogen and oxygen atoms in total. The number of rotatable bonds is 8. The molecule has 1 aliphatic heterocycles. The Morgan fingerprint density at radius 1 is 1.06 bits per heavy atom. The Balaban J connectivity index is 1.84. The predicted octanol–water partition coefficient (Wildman–Crippen LogP) is 2.74. The molecule has 1 N–H and O–H groups in total. The number of hydrogen-bond acceptors (Lipinski definition) is 7. The highest BCUT2D eigenvalue weighted by atomic mass is 32.2. The van der Waals surface area contributed by atoms with Crippen molar-refractivity contribution in [1.82, 2.24) is 0 Å². The van der Waals surface area contributed by atoms with E-state index in [1.165, 1.54) is 13.0 Å². The van der Waals surface area contributed by atoms with E-state index in [0.29, 0.717) is 36.1 Å². The number of benzene rings is 2. The molecule has 0 aliphatic carbocycles. The van der Waals surface area contributed by atoms with Crippen molar-refractivity contribution < 1.29 is 32.2 Å². The van der Waals surface area contributed by atoms with Gasteiger partial charge in [-0.25, -0.2) is 13.2 Å².